The van der Waals surface area contributed by atoms with E-state index < -0.39 is 23.9 Å². The zero-order valence-electron chi connectivity index (χ0n) is 14.5. The molecule has 1 saturated heterocycles. The summed E-state index contributed by atoms with van der Waals surface area (Å²) in [6.07, 6.45) is -4.39. The van der Waals surface area contributed by atoms with Crippen molar-refractivity contribution >= 4 is 5.97 Å². The van der Waals surface area contributed by atoms with E-state index in [4.69, 9.17) is 5.11 Å². The van der Waals surface area contributed by atoms with Crippen LogP contribution in [0.3, 0.4) is 0 Å². The van der Waals surface area contributed by atoms with E-state index in [9.17, 15) is 23.1 Å². The van der Waals surface area contributed by atoms with E-state index in [0.29, 0.717) is 37.1 Å². The molecule has 4 nitrogen and oxygen atoms in total. The zero-order chi connectivity index (χ0) is 19.6. The first kappa shape index (κ1) is 19.4. The van der Waals surface area contributed by atoms with Gasteiger partial charge in [0.15, 0.2) is 0 Å². The van der Waals surface area contributed by atoms with Crippen LogP contribution in [0.2, 0.25) is 0 Å². The number of aromatic carboxylic acids is 1. The third-order valence-corrected chi connectivity index (χ3v) is 5.01. The molecular formula is C20H20F3NO3. The van der Waals surface area contributed by atoms with Crippen molar-refractivity contribution in [2.75, 3.05) is 13.1 Å². The van der Waals surface area contributed by atoms with Crippen molar-refractivity contribution in [3.05, 3.63) is 70.8 Å². The Morgan fingerprint density at radius 3 is 2.37 bits per heavy atom. The SMILES string of the molecule is O=C(O)c1cccc(C(O)N2CCC(c3ccccc3C(F)(F)F)CC2)c1. The number of alkyl halides is 3. The van der Waals surface area contributed by atoms with Crippen molar-refractivity contribution < 1.29 is 28.2 Å². The van der Waals surface area contributed by atoms with Crippen LogP contribution in [-0.2, 0) is 6.18 Å². The number of carboxylic acid groups (broad SMARTS) is 1. The highest BCUT2D eigenvalue weighted by Crippen LogP contribution is 2.39. The zero-order valence-corrected chi connectivity index (χ0v) is 14.5. The third-order valence-electron chi connectivity index (χ3n) is 5.01. The van der Waals surface area contributed by atoms with Crippen molar-refractivity contribution in [1.29, 1.82) is 0 Å². The number of likely N-dealkylation sites (tertiary alicyclic amines) is 1. The van der Waals surface area contributed by atoms with E-state index in [0.717, 1.165) is 6.07 Å². The first-order valence-corrected chi connectivity index (χ1v) is 8.69. The lowest BCUT2D eigenvalue weighted by Gasteiger charge is -2.36. The fourth-order valence-electron chi connectivity index (χ4n) is 3.61. The average molecular weight is 379 g/mol. The van der Waals surface area contributed by atoms with Crippen LogP contribution in [0.15, 0.2) is 48.5 Å². The Hall–Kier alpha value is -2.38. The van der Waals surface area contributed by atoms with Gasteiger partial charge in [0, 0.05) is 13.1 Å². The van der Waals surface area contributed by atoms with Crippen molar-refractivity contribution in [2.24, 2.45) is 0 Å². The second-order valence-corrected chi connectivity index (χ2v) is 6.70. The van der Waals surface area contributed by atoms with Crippen molar-refractivity contribution in [3.63, 3.8) is 0 Å². The van der Waals surface area contributed by atoms with Crippen LogP contribution < -0.4 is 0 Å². The molecule has 2 aromatic rings. The molecule has 0 amide bonds. The van der Waals surface area contributed by atoms with Gasteiger partial charge in [0.05, 0.1) is 11.1 Å². The highest BCUT2D eigenvalue weighted by molar-refractivity contribution is 5.87. The minimum Gasteiger partial charge on any atom is -0.478 e. The maximum Gasteiger partial charge on any atom is 0.416 e. The van der Waals surface area contributed by atoms with Gasteiger partial charge in [0.2, 0.25) is 0 Å². The normalized spacial score (nSPS) is 17.6. The number of hydrogen-bond donors (Lipinski definition) is 2. The lowest BCUT2D eigenvalue weighted by atomic mass is 9.86. The minimum atomic E-state index is -4.38. The molecule has 2 aromatic carbocycles. The van der Waals surface area contributed by atoms with E-state index in [1.54, 1.807) is 23.1 Å². The van der Waals surface area contributed by atoms with Crippen molar-refractivity contribution in [2.45, 2.75) is 31.2 Å². The Labute approximate surface area is 154 Å². The summed E-state index contributed by atoms with van der Waals surface area (Å²) in [7, 11) is 0. The summed E-state index contributed by atoms with van der Waals surface area (Å²) in [4.78, 5) is 12.8. The molecule has 3 rings (SSSR count). The quantitative estimate of drug-likeness (QED) is 0.833. The summed E-state index contributed by atoms with van der Waals surface area (Å²) >= 11 is 0. The maximum atomic E-state index is 13.2. The topological polar surface area (TPSA) is 60.8 Å². The minimum absolute atomic E-state index is 0.0838. The fourth-order valence-corrected chi connectivity index (χ4v) is 3.61. The van der Waals surface area contributed by atoms with Gasteiger partial charge in [0.25, 0.3) is 0 Å². The van der Waals surface area contributed by atoms with Crippen molar-refractivity contribution in [1.82, 2.24) is 4.90 Å². The first-order chi connectivity index (χ1) is 12.8. The van der Waals surface area contributed by atoms with Crippen molar-refractivity contribution in [3.8, 4) is 0 Å². The van der Waals surface area contributed by atoms with Gasteiger partial charge < -0.3 is 10.2 Å². The van der Waals surface area contributed by atoms with E-state index in [1.165, 1.54) is 24.3 Å². The Morgan fingerprint density at radius 1 is 1.07 bits per heavy atom. The first-order valence-electron chi connectivity index (χ1n) is 8.69. The van der Waals surface area contributed by atoms with Gasteiger partial charge in [-0.15, -0.1) is 0 Å². The smallest absolute Gasteiger partial charge is 0.416 e. The highest BCUT2D eigenvalue weighted by Gasteiger charge is 2.36. The van der Waals surface area contributed by atoms with Crippen LogP contribution in [0, 0.1) is 0 Å². The van der Waals surface area contributed by atoms with Gasteiger partial charge in [-0.25, -0.2) is 4.79 Å². The van der Waals surface area contributed by atoms with Crippen LogP contribution >= 0.6 is 0 Å². The molecule has 0 saturated carbocycles. The Balaban J connectivity index is 1.71. The number of piperidine rings is 1. The number of carbonyl (C=O) groups is 1. The Kier molecular flexibility index (Phi) is 5.53. The standard InChI is InChI=1S/C20H20F3NO3/c21-20(22,23)17-7-2-1-6-16(17)13-8-10-24(11-9-13)18(25)14-4-3-5-15(12-14)19(26)27/h1-7,12-13,18,25H,8-11H2,(H,26,27). The molecule has 0 bridgehead atoms. The third kappa shape index (κ3) is 4.31. The van der Waals surface area contributed by atoms with Gasteiger partial charge >= 0.3 is 12.1 Å². The lowest BCUT2D eigenvalue weighted by Crippen LogP contribution is -2.36. The number of aliphatic hydroxyl groups is 1. The number of halogens is 3. The lowest BCUT2D eigenvalue weighted by molar-refractivity contribution is -0.138. The van der Waals surface area contributed by atoms with Gasteiger partial charge in [-0.3, -0.25) is 4.90 Å². The molecule has 0 aromatic heterocycles. The van der Waals surface area contributed by atoms with Crippen LogP contribution in [0.25, 0.3) is 0 Å². The summed E-state index contributed by atoms with van der Waals surface area (Å²) < 4.78 is 39.7. The molecule has 1 atom stereocenters. The summed E-state index contributed by atoms with van der Waals surface area (Å²) in [5.41, 5.74) is 0.245. The molecule has 1 aliphatic heterocycles. The van der Waals surface area contributed by atoms with Crippen LogP contribution in [0.1, 0.15) is 52.0 Å². The summed E-state index contributed by atoms with van der Waals surface area (Å²) in [6.45, 7) is 0.852. The van der Waals surface area contributed by atoms with E-state index in [-0.39, 0.29) is 11.5 Å². The van der Waals surface area contributed by atoms with Gasteiger partial charge in [-0.2, -0.15) is 13.2 Å². The molecular weight excluding hydrogens is 359 g/mol. The summed E-state index contributed by atoms with van der Waals surface area (Å²) in [5.74, 6) is -1.30. The fraction of sp³-hybridized carbons (Fsp3) is 0.350. The molecule has 1 aliphatic rings. The molecule has 0 spiro atoms. The molecule has 1 heterocycles. The highest BCUT2D eigenvalue weighted by atomic mass is 19.4. The number of rotatable bonds is 4. The summed E-state index contributed by atoms with van der Waals surface area (Å²) in [6, 6.07) is 11.7. The summed E-state index contributed by atoms with van der Waals surface area (Å²) in [5, 5.41) is 19.6. The average Bonchev–Trinajstić information content (AvgIpc) is 2.67. The van der Waals surface area contributed by atoms with Gasteiger partial charge in [-0.1, -0.05) is 30.3 Å². The Morgan fingerprint density at radius 2 is 1.74 bits per heavy atom. The molecule has 1 fully saturated rings. The monoisotopic (exact) mass is 379 g/mol. The second-order valence-electron chi connectivity index (χ2n) is 6.70. The predicted octanol–water partition coefficient (Wildman–Crippen LogP) is 4.27. The largest absolute Gasteiger partial charge is 0.478 e. The number of aliphatic hydroxyl groups excluding tert-OH is 1. The molecule has 1 unspecified atom stereocenters. The van der Waals surface area contributed by atoms with Crippen LogP contribution in [-0.4, -0.2) is 34.2 Å². The number of nitrogens with zero attached hydrogens (tertiary/aromatic N) is 1. The van der Waals surface area contributed by atoms with E-state index >= 15 is 0 Å². The van der Waals surface area contributed by atoms with Crippen LogP contribution in [0.4, 0.5) is 13.2 Å². The van der Waals surface area contributed by atoms with Gasteiger partial charge in [0.1, 0.15) is 6.23 Å². The molecule has 144 valence electrons. The molecule has 2 N–H and O–H groups in total. The molecule has 27 heavy (non-hydrogen) atoms. The Bertz CT molecular complexity index is 814. The maximum absolute atomic E-state index is 13.2. The van der Waals surface area contributed by atoms with E-state index in [2.05, 4.69) is 0 Å². The second kappa shape index (κ2) is 7.70. The van der Waals surface area contributed by atoms with E-state index in [1.807, 2.05) is 0 Å². The number of carboxylic acids is 1. The molecule has 7 heteroatoms. The number of benzene rings is 2. The number of hydrogen-bond acceptors (Lipinski definition) is 3. The van der Waals surface area contributed by atoms with Crippen LogP contribution in [0.5, 0.6) is 0 Å². The van der Waals surface area contributed by atoms with Gasteiger partial charge in [-0.05, 0) is 48.1 Å². The molecule has 0 radical (unpaired) electrons. The molecule has 0 aliphatic carbocycles. The predicted molar refractivity (Wildman–Crippen MR) is 93.4 cm³/mol.